The summed E-state index contributed by atoms with van der Waals surface area (Å²) in [7, 11) is 0. The molecule has 0 radical (unpaired) electrons. The molecule has 4 heteroatoms. The van der Waals surface area contributed by atoms with Crippen LogP contribution in [0, 0.1) is 0 Å². The Morgan fingerprint density at radius 2 is 1.76 bits per heavy atom. The molecule has 21 heavy (non-hydrogen) atoms. The summed E-state index contributed by atoms with van der Waals surface area (Å²) < 4.78 is 5.49. The van der Waals surface area contributed by atoms with Crippen LogP contribution >= 0.6 is 0 Å². The first-order chi connectivity index (χ1) is 10.2. The molecule has 0 spiro atoms. The lowest BCUT2D eigenvalue weighted by Gasteiger charge is -2.20. The van der Waals surface area contributed by atoms with Crippen molar-refractivity contribution >= 4 is 0 Å². The fraction of sp³-hybridized carbons (Fsp3) is 0.529. The van der Waals surface area contributed by atoms with E-state index in [4.69, 9.17) is 10.3 Å². The van der Waals surface area contributed by atoms with Crippen molar-refractivity contribution in [2.45, 2.75) is 56.9 Å². The van der Waals surface area contributed by atoms with Crippen molar-refractivity contribution in [3.63, 3.8) is 0 Å². The number of nitrogens with two attached hydrogens (primary N) is 1. The predicted octanol–water partition coefficient (Wildman–Crippen LogP) is 3.73. The normalized spacial score (nSPS) is 19.9. The molecule has 1 aliphatic rings. The average molecular weight is 285 g/mol. The van der Waals surface area contributed by atoms with Gasteiger partial charge in [0.15, 0.2) is 5.82 Å². The first-order valence-corrected chi connectivity index (χ1v) is 7.86. The monoisotopic (exact) mass is 285 g/mol. The zero-order chi connectivity index (χ0) is 14.7. The second kappa shape index (κ2) is 5.98. The fourth-order valence-corrected chi connectivity index (χ4v) is 3.06. The molecule has 2 aromatic rings. The van der Waals surface area contributed by atoms with E-state index in [-0.39, 0.29) is 0 Å². The molecule has 1 atom stereocenters. The van der Waals surface area contributed by atoms with Gasteiger partial charge in [-0.15, -0.1) is 0 Å². The van der Waals surface area contributed by atoms with Crippen molar-refractivity contribution < 1.29 is 4.52 Å². The lowest BCUT2D eigenvalue weighted by molar-refractivity contribution is 0.320. The summed E-state index contributed by atoms with van der Waals surface area (Å²) in [6.07, 6.45) is 7.47. The maximum atomic E-state index is 6.44. The van der Waals surface area contributed by atoms with Crippen LogP contribution in [0.4, 0.5) is 0 Å². The molecule has 1 unspecified atom stereocenters. The largest absolute Gasteiger partial charge is 0.337 e. The van der Waals surface area contributed by atoms with Crippen molar-refractivity contribution in [3.05, 3.63) is 47.6 Å². The van der Waals surface area contributed by atoms with Gasteiger partial charge in [-0.1, -0.05) is 61.2 Å². The molecule has 1 aliphatic carbocycles. The van der Waals surface area contributed by atoms with Crippen molar-refractivity contribution in [2.75, 3.05) is 0 Å². The lowest BCUT2D eigenvalue weighted by Crippen LogP contribution is -2.34. The molecule has 1 aromatic carbocycles. The molecule has 1 aromatic heterocycles. The number of benzene rings is 1. The van der Waals surface area contributed by atoms with Crippen LogP contribution < -0.4 is 5.73 Å². The summed E-state index contributed by atoms with van der Waals surface area (Å²) in [6.45, 7) is 1.92. The Morgan fingerprint density at radius 1 is 1.10 bits per heavy atom. The van der Waals surface area contributed by atoms with Gasteiger partial charge < -0.3 is 10.3 Å². The number of nitrogens with zero attached hydrogens (tertiary/aromatic N) is 2. The number of hydrogen-bond acceptors (Lipinski definition) is 4. The van der Waals surface area contributed by atoms with E-state index in [2.05, 4.69) is 10.1 Å². The average Bonchev–Trinajstić information content (AvgIpc) is 2.85. The first kappa shape index (κ1) is 14.3. The fourth-order valence-electron chi connectivity index (χ4n) is 3.06. The second-order valence-electron chi connectivity index (χ2n) is 6.21. The van der Waals surface area contributed by atoms with Gasteiger partial charge in [-0.05, 0) is 25.3 Å². The minimum Gasteiger partial charge on any atom is -0.337 e. The van der Waals surface area contributed by atoms with Crippen molar-refractivity contribution in [3.8, 4) is 0 Å². The molecule has 1 heterocycles. The maximum Gasteiger partial charge on any atom is 0.251 e. The van der Waals surface area contributed by atoms with E-state index in [0.717, 1.165) is 24.2 Å². The molecular formula is C17H23N3O. The molecule has 0 saturated heterocycles. The Kier molecular flexibility index (Phi) is 4.06. The third kappa shape index (κ3) is 3.00. The highest BCUT2D eigenvalue weighted by Crippen LogP contribution is 2.32. The minimum absolute atomic E-state index is 0.427. The van der Waals surface area contributed by atoms with Crippen LogP contribution in [-0.2, 0) is 5.54 Å². The Bertz CT molecular complexity index is 569. The SMILES string of the molecule is CC(N)(c1ccccc1)c1nc(C2CCCCCC2)no1. The zero-order valence-corrected chi connectivity index (χ0v) is 12.6. The van der Waals surface area contributed by atoms with Gasteiger partial charge in [0.2, 0.25) is 0 Å². The van der Waals surface area contributed by atoms with Crippen LogP contribution in [0.15, 0.2) is 34.9 Å². The lowest BCUT2D eigenvalue weighted by atomic mass is 9.93. The van der Waals surface area contributed by atoms with E-state index >= 15 is 0 Å². The van der Waals surface area contributed by atoms with Crippen LogP contribution in [0.25, 0.3) is 0 Å². The highest BCUT2D eigenvalue weighted by Gasteiger charge is 2.31. The van der Waals surface area contributed by atoms with Crippen LogP contribution in [0.5, 0.6) is 0 Å². The molecule has 0 amide bonds. The third-order valence-corrected chi connectivity index (χ3v) is 4.48. The smallest absolute Gasteiger partial charge is 0.251 e. The van der Waals surface area contributed by atoms with Gasteiger partial charge in [0.25, 0.3) is 5.89 Å². The Morgan fingerprint density at radius 3 is 2.43 bits per heavy atom. The van der Waals surface area contributed by atoms with Crippen LogP contribution in [0.1, 0.15) is 68.6 Å². The van der Waals surface area contributed by atoms with Crippen molar-refractivity contribution in [1.29, 1.82) is 0 Å². The van der Waals surface area contributed by atoms with E-state index in [1.165, 1.54) is 25.7 Å². The number of aromatic nitrogens is 2. The molecule has 1 fully saturated rings. The molecule has 4 nitrogen and oxygen atoms in total. The second-order valence-corrected chi connectivity index (χ2v) is 6.21. The van der Waals surface area contributed by atoms with Gasteiger partial charge in [-0.25, -0.2) is 0 Å². The minimum atomic E-state index is -0.739. The highest BCUT2D eigenvalue weighted by molar-refractivity contribution is 5.29. The van der Waals surface area contributed by atoms with Gasteiger partial charge >= 0.3 is 0 Å². The summed E-state index contributed by atoms with van der Waals surface area (Å²) in [6, 6.07) is 9.92. The van der Waals surface area contributed by atoms with E-state index in [1.807, 2.05) is 37.3 Å². The summed E-state index contributed by atoms with van der Waals surface area (Å²) in [5.74, 6) is 1.77. The Hall–Kier alpha value is -1.68. The van der Waals surface area contributed by atoms with E-state index in [9.17, 15) is 0 Å². The predicted molar refractivity (Wildman–Crippen MR) is 81.8 cm³/mol. The Labute approximate surface area is 125 Å². The van der Waals surface area contributed by atoms with Gasteiger partial charge in [0, 0.05) is 5.92 Å². The zero-order valence-electron chi connectivity index (χ0n) is 12.6. The Balaban J connectivity index is 1.84. The molecule has 0 aliphatic heterocycles. The van der Waals surface area contributed by atoms with E-state index in [1.54, 1.807) is 0 Å². The van der Waals surface area contributed by atoms with Gasteiger partial charge in [0.1, 0.15) is 5.54 Å². The van der Waals surface area contributed by atoms with E-state index in [0.29, 0.717) is 11.8 Å². The first-order valence-electron chi connectivity index (χ1n) is 7.86. The molecule has 1 saturated carbocycles. The van der Waals surface area contributed by atoms with Gasteiger partial charge in [0.05, 0.1) is 0 Å². The highest BCUT2D eigenvalue weighted by atomic mass is 16.5. The summed E-state index contributed by atoms with van der Waals surface area (Å²) >= 11 is 0. The van der Waals surface area contributed by atoms with Crippen LogP contribution in [-0.4, -0.2) is 10.1 Å². The van der Waals surface area contributed by atoms with Crippen LogP contribution in [0.3, 0.4) is 0 Å². The topological polar surface area (TPSA) is 64.9 Å². The quantitative estimate of drug-likeness (QED) is 0.873. The summed E-state index contributed by atoms with van der Waals surface area (Å²) in [5.41, 5.74) is 6.69. The third-order valence-electron chi connectivity index (χ3n) is 4.48. The van der Waals surface area contributed by atoms with Gasteiger partial charge in [-0.3, -0.25) is 0 Å². The molecular weight excluding hydrogens is 262 g/mol. The summed E-state index contributed by atoms with van der Waals surface area (Å²) in [5, 5.41) is 4.21. The molecule has 2 N–H and O–H groups in total. The number of rotatable bonds is 3. The molecule has 112 valence electrons. The standard InChI is InChI=1S/C17H23N3O/c1-17(18,14-11-7-4-8-12-14)16-19-15(20-21-16)13-9-5-2-3-6-10-13/h4,7-8,11-13H,2-3,5-6,9-10,18H2,1H3. The number of hydrogen-bond donors (Lipinski definition) is 1. The van der Waals surface area contributed by atoms with Crippen molar-refractivity contribution in [2.24, 2.45) is 5.73 Å². The molecule has 3 rings (SSSR count). The summed E-state index contributed by atoms with van der Waals surface area (Å²) in [4.78, 5) is 4.62. The van der Waals surface area contributed by atoms with Crippen molar-refractivity contribution in [1.82, 2.24) is 10.1 Å². The van der Waals surface area contributed by atoms with Gasteiger partial charge in [-0.2, -0.15) is 4.98 Å². The van der Waals surface area contributed by atoms with E-state index < -0.39 is 5.54 Å². The van der Waals surface area contributed by atoms with Crippen LogP contribution in [0.2, 0.25) is 0 Å². The maximum absolute atomic E-state index is 6.44. The molecule has 0 bridgehead atoms.